The van der Waals surface area contributed by atoms with Crippen molar-refractivity contribution in [1.82, 2.24) is 9.80 Å². The average Bonchev–Trinajstić information content (AvgIpc) is 3.63. The van der Waals surface area contributed by atoms with Crippen LogP contribution in [0.5, 0.6) is 0 Å². The standard InChI is InChI=1S/C33H37F5N2O.FH/c1-19(2)28-16-27-26-15-25(14-22-8-13-29(41)40(28)31(22)30(26)27)39(17-20-4-9-23(10-5-20)32(3,34)35)18-21-6-11-24(12-7-21)33(36,37)38;/h4-7,9-12,19,22,25,28,30-31H,8,13-18H2,1-3H3;1H/t22-,25+,28-,30?,31?;/m1./s1. The van der Waals surface area contributed by atoms with Gasteiger partial charge in [0, 0.05) is 56.0 Å². The Labute approximate surface area is 243 Å². The third kappa shape index (κ3) is 5.73. The lowest BCUT2D eigenvalue weighted by Crippen LogP contribution is -2.58. The zero-order chi connectivity index (χ0) is 29.3. The fourth-order valence-corrected chi connectivity index (χ4v) is 7.70. The van der Waals surface area contributed by atoms with E-state index in [0.29, 0.717) is 37.3 Å². The van der Waals surface area contributed by atoms with Crippen molar-refractivity contribution in [2.75, 3.05) is 0 Å². The molecule has 3 fully saturated rings. The van der Waals surface area contributed by atoms with Crippen LogP contribution in [0.1, 0.15) is 75.1 Å². The van der Waals surface area contributed by atoms with Crippen LogP contribution in [0.15, 0.2) is 59.7 Å². The van der Waals surface area contributed by atoms with Crippen LogP contribution in [0, 0.1) is 17.8 Å². The van der Waals surface area contributed by atoms with Crippen molar-refractivity contribution < 1.29 is 31.5 Å². The van der Waals surface area contributed by atoms with Gasteiger partial charge in [0.25, 0.3) is 5.92 Å². The number of hydrogen-bond acceptors (Lipinski definition) is 2. The second kappa shape index (κ2) is 11.0. The van der Waals surface area contributed by atoms with Gasteiger partial charge < -0.3 is 4.90 Å². The van der Waals surface area contributed by atoms with Gasteiger partial charge in [0.1, 0.15) is 0 Å². The second-order valence-electron chi connectivity index (χ2n) is 12.9. The Bertz CT molecular complexity index is 1270. The molecular weight excluding hydrogens is 554 g/mol. The number of hydrogen-bond donors (Lipinski definition) is 0. The van der Waals surface area contributed by atoms with Crippen LogP contribution in [-0.2, 0) is 30.0 Å². The summed E-state index contributed by atoms with van der Waals surface area (Å²) < 4.78 is 67.3. The molecule has 42 heavy (non-hydrogen) atoms. The fraction of sp³-hybridized carbons (Fsp3) is 0.545. The molecule has 6 rings (SSSR count). The van der Waals surface area contributed by atoms with Crippen LogP contribution < -0.4 is 0 Å². The summed E-state index contributed by atoms with van der Waals surface area (Å²) in [5, 5.41) is 0. The first-order chi connectivity index (χ1) is 19.3. The molecule has 9 heteroatoms. The van der Waals surface area contributed by atoms with E-state index in [-0.39, 0.29) is 34.3 Å². The third-order valence-corrected chi connectivity index (χ3v) is 9.86. The van der Waals surface area contributed by atoms with E-state index in [1.807, 2.05) is 0 Å². The van der Waals surface area contributed by atoms with Crippen molar-refractivity contribution in [3.63, 3.8) is 0 Å². The lowest BCUT2D eigenvalue weighted by atomic mass is 9.76. The highest BCUT2D eigenvalue weighted by molar-refractivity contribution is 5.79. The minimum atomic E-state index is -4.40. The summed E-state index contributed by atoms with van der Waals surface area (Å²) in [5.74, 6) is -1.54. The number of carbonyl (C=O) groups is 1. The van der Waals surface area contributed by atoms with E-state index < -0.39 is 17.7 Å². The van der Waals surface area contributed by atoms with E-state index in [1.54, 1.807) is 12.1 Å². The minimum absolute atomic E-state index is 0. The van der Waals surface area contributed by atoms with Crippen molar-refractivity contribution in [2.24, 2.45) is 17.8 Å². The van der Waals surface area contributed by atoms with E-state index in [1.165, 1.54) is 35.4 Å². The quantitative estimate of drug-likeness (QED) is 0.240. The van der Waals surface area contributed by atoms with Gasteiger partial charge in [-0.15, -0.1) is 0 Å². The molecular formula is C33H38F6N2O. The number of amides is 1. The van der Waals surface area contributed by atoms with Crippen molar-refractivity contribution in [1.29, 1.82) is 0 Å². The van der Waals surface area contributed by atoms with Gasteiger partial charge in [0.05, 0.1) is 5.56 Å². The van der Waals surface area contributed by atoms with Crippen molar-refractivity contribution >= 4 is 5.91 Å². The Morgan fingerprint density at radius 3 is 1.95 bits per heavy atom. The molecule has 2 unspecified atom stereocenters. The SMILES string of the molecule is CC(C)[C@H]1CC2=C3C[C@@H](N(Cc4ccc(C(C)(F)F)cc4)Cc4ccc(C(F)(F)F)cc4)C[C@H]4CCC(=O)N1C4C32.F. The molecule has 1 amide bonds. The molecule has 4 aliphatic rings. The monoisotopic (exact) mass is 592 g/mol. The zero-order valence-electron chi connectivity index (χ0n) is 24.1. The number of rotatable bonds is 7. The Kier molecular flexibility index (Phi) is 8.05. The number of alkyl halides is 5. The topological polar surface area (TPSA) is 23.6 Å². The van der Waals surface area contributed by atoms with Gasteiger partial charge in [-0.05, 0) is 60.8 Å². The zero-order valence-corrected chi connectivity index (χ0v) is 24.1. The highest BCUT2D eigenvalue weighted by atomic mass is 19.4. The van der Waals surface area contributed by atoms with Crippen LogP contribution in [0.3, 0.4) is 0 Å². The molecule has 228 valence electrons. The predicted octanol–water partition coefficient (Wildman–Crippen LogP) is 8.10. The molecule has 0 aromatic heterocycles. The van der Waals surface area contributed by atoms with Gasteiger partial charge in [-0.25, -0.2) is 8.78 Å². The van der Waals surface area contributed by atoms with E-state index in [2.05, 4.69) is 23.6 Å². The van der Waals surface area contributed by atoms with Crippen LogP contribution >= 0.6 is 0 Å². The summed E-state index contributed by atoms with van der Waals surface area (Å²) in [6.07, 6.45) is -0.269. The molecule has 0 spiro atoms. The van der Waals surface area contributed by atoms with Crippen molar-refractivity contribution in [3.8, 4) is 0 Å². The number of halogens is 6. The van der Waals surface area contributed by atoms with Gasteiger partial charge >= 0.3 is 6.18 Å². The smallest absolute Gasteiger partial charge is 0.335 e. The summed E-state index contributed by atoms with van der Waals surface area (Å²) >= 11 is 0. The highest BCUT2D eigenvalue weighted by Crippen LogP contribution is 2.60. The first-order valence-electron chi connectivity index (χ1n) is 14.7. The van der Waals surface area contributed by atoms with Crippen LogP contribution in [0.25, 0.3) is 0 Å². The number of benzene rings is 2. The fourth-order valence-electron chi connectivity index (χ4n) is 7.70. The molecule has 0 bridgehead atoms. The maximum Gasteiger partial charge on any atom is 0.416 e. The van der Waals surface area contributed by atoms with E-state index in [9.17, 15) is 26.7 Å². The summed E-state index contributed by atoms with van der Waals surface area (Å²) in [6, 6.07) is 12.3. The average molecular weight is 593 g/mol. The molecule has 5 atom stereocenters. The van der Waals surface area contributed by atoms with E-state index in [0.717, 1.165) is 55.9 Å². The minimum Gasteiger partial charge on any atom is -0.335 e. The van der Waals surface area contributed by atoms with Crippen LogP contribution in [-0.4, -0.2) is 33.8 Å². The summed E-state index contributed by atoms with van der Waals surface area (Å²) in [7, 11) is 0. The number of nitrogens with zero attached hydrogens (tertiary/aromatic N) is 2. The van der Waals surface area contributed by atoms with Gasteiger partial charge in [0.15, 0.2) is 0 Å². The number of carbonyl (C=O) groups excluding carboxylic acids is 1. The predicted molar refractivity (Wildman–Crippen MR) is 149 cm³/mol. The largest absolute Gasteiger partial charge is 0.416 e. The molecule has 2 aliphatic carbocycles. The van der Waals surface area contributed by atoms with Crippen LogP contribution in [0.4, 0.5) is 26.7 Å². The maximum atomic E-state index is 13.8. The van der Waals surface area contributed by atoms with Gasteiger partial charge in [-0.2, -0.15) is 13.2 Å². The Morgan fingerprint density at radius 2 is 1.43 bits per heavy atom. The third-order valence-electron chi connectivity index (χ3n) is 9.86. The summed E-state index contributed by atoms with van der Waals surface area (Å²) in [4.78, 5) is 17.7. The molecule has 2 saturated heterocycles. The van der Waals surface area contributed by atoms with Crippen LogP contribution in [0.2, 0.25) is 0 Å². The Hall–Kier alpha value is -2.81. The summed E-state index contributed by atoms with van der Waals surface area (Å²) in [6.45, 7) is 6.23. The second-order valence-corrected chi connectivity index (χ2v) is 12.9. The molecule has 2 aromatic carbocycles. The van der Waals surface area contributed by atoms with Gasteiger partial charge in [0.2, 0.25) is 5.91 Å². The Morgan fingerprint density at radius 1 is 0.881 bits per heavy atom. The molecule has 2 heterocycles. The molecule has 3 nitrogen and oxygen atoms in total. The Balaban J connectivity index is 0.00000353. The van der Waals surface area contributed by atoms with Crippen molar-refractivity contribution in [3.05, 3.63) is 81.9 Å². The normalized spacial score (nSPS) is 27.1. The first kappa shape index (κ1) is 30.6. The molecule has 1 saturated carbocycles. The molecule has 0 N–H and O–H groups in total. The van der Waals surface area contributed by atoms with E-state index in [4.69, 9.17) is 0 Å². The lowest BCUT2D eigenvalue weighted by molar-refractivity contribution is -0.146. The van der Waals surface area contributed by atoms with Gasteiger partial charge in [-0.1, -0.05) is 61.4 Å². The summed E-state index contributed by atoms with van der Waals surface area (Å²) in [5.41, 5.74) is 3.93. The number of piperidine rings is 2. The van der Waals surface area contributed by atoms with E-state index >= 15 is 0 Å². The first-order valence-corrected chi connectivity index (χ1v) is 14.7. The molecule has 2 aromatic rings. The van der Waals surface area contributed by atoms with Gasteiger partial charge in [-0.3, -0.25) is 14.4 Å². The molecule has 2 aliphatic heterocycles. The lowest BCUT2D eigenvalue weighted by Gasteiger charge is -2.50. The van der Waals surface area contributed by atoms with Crippen molar-refractivity contribution in [2.45, 2.75) is 96.2 Å². The maximum absolute atomic E-state index is 13.8. The molecule has 0 radical (unpaired) electrons. The highest BCUT2D eigenvalue weighted by Gasteiger charge is 2.58.